The molecule has 0 N–H and O–H groups in total. The van der Waals surface area contributed by atoms with Crippen LogP contribution in [-0.2, 0) is 0 Å². The molecule has 1 rings (SSSR count). The maximum Gasteiger partial charge on any atom is 0.346 e. The molecule has 0 radical (unpaired) electrons. The monoisotopic (exact) mass is 384 g/mol. The molecule has 0 aromatic heterocycles. The van der Waals surface area contributed by atoms with Gasteiger partial charge in [0.25, 0.3) is 0 Å². The smallest absolute Gasteiger partial charge is 0.187 e. The molecule has 0 bridgehead atoms. The largest absolute Gasteiger partial charge is 0.346 e. The first-order chi connectivity index (χ1) is 7.83. The van der Waals surface area contributed by atoms with Gasteiger partial charge in [0.05, 0.1) is 5.03 Å². The van der Waals surface area contributed by atoms with Crippen LogP contribution < -0.4 is 0 Å². The second-order valence-electron chi connectivity index (χ2n) is 3.37. The Morgan fingerprint density at radius 2 is 1.50 bits per heavy atom. The van der Waals surface area contributed by atoms with Gasteiger partial charge in [-0.3, -0.25) is 0 Å². The average molecular weight is 387 g/mol. The molecule has 0 nitrogen and oxygen atoms in total. The van der Waals surface area contributed by atoms with E-state index in [4.69, 9.17) is 69.6 Å². The fraction of sp³-hybridized carbons (Fsp3) is 0.500. The molecular formula is C8H2Cl6F4. The minimum Gasteiger partial charge on any atom is -0.187 e. The highest BCUT2D eigenvalue weighted by Gasteiger charge is 2.67. The van der Waals surface area contributed by atoms with Crippen molar-refractivity contribution in [3.05, 3.63) is 21.2 Å². The third kappa shape index (κ3) is 2.70. The number of hydrogen-bond acceptors (Lipinski definition) is 0. The summed E-state index contributed by atoms with van der Waals surface area (Å²) in [6, 6.07) is 0. The zero-order valence-electron chi connectivity index (χ0n) is 7.93. The van der Waals surface area contributed by atoms with Gasteiger partial charge in [0.1, 0.15) is 5.92 Å². The topological polar surface area (TPSA) is 0 Å². The quantitative estimate of drug-likeness (QED) is 0.399. The molecule has 0 amide bonds. The van der Waals surface area contributed by atoms with Crippen LogP contribution in [0.3, 0.4) is 0 Å². The summed E-state index contributed by atoms with van der Waals surface area (Å²) in [6.45, 7) is 0. The first-order valence-corrected chi connectivity index (χ1v) is 6.35. The van der Waals surface area contributed by atoms with E-state index in [0.29, 0.717) is 6.08 Å². The van der Waals surface area contributed by atoms with E-state index >= 15 is 0 Å². The zero-order valence-corrected chi connectivity index (χ0v) is 12.5. The van der Waals surface area contributed by atoms with Crippen molar-refractivity contribution in [2.24, 2.45) is 5.92 Å². The summed E-state index contributed by atoms with van der Waals surface area (Å²) in [5.74, 6) is -2.58. The second-order valence-corrected chi connectivity index (χ2v) is 6.17. The molecule has 0 saturated heterocycles. The van der Waals surface area contributed by atoms with E-state index in [0.717, 1.165) is 0 Å². The first-order valence-electron chi connectivity index (χ1n) is 4.08. The molecule has 1 aliphatic carbocycles. The second kappa shape index (κ2) is 5.05. The highest BCUT2D eigenvalue weighted by atomic mass is 35.5. The Balaban J connectivity index is 3.55. The average Bonchev–Trinajstić information content (AvgIpc) is 2.11. The van der Waals surface area contributed by atoms with E-state index in [2.05, 4.69) is 0 Å². The lowest BCUT2D eigenvalue weighted by Crippen LogP contribution is -2.53. The van der Waals surface area contributed by atoms with Crippen LogP contribution in [0.25, 0.3) is 0 Å². The van der Waals surface area contributed by atoms with Gasteiger partial charge in [-0.2, -0.15) is 17.6 Å². The predicted molar refractivity (Wildman–Crippen MR) is 66.3 cm³/mol. The fourth-order valence-corrected chi connectivity index (χ4v) is 3.37. The summed E-state index contributed by atoms with van der Waals surface area (Å²) in [7, 11) is 0. The molecule has 104 valence electrons. The molecule has 0 heterocycles. The van der Waals surface area contributed by atoms with Gasteiger partial charge in [-0.25, -0.2) is 0 Å². The summed E-state index contributed by atoms with van der Waals surface area (Å²) < 4.78 is 53.1. The highest BCUT2D eigenvalue weighted by Crippen LogP contribution is 2.60. The van der Waals surface area contributed by atoms with Crippen molar-refractivity contribution in [1.29, 1.82) is 0 Å². The number of alkyl halides is 7. The van der Waals surface area contributed by atoms with E-state index in [1.807, 2.05) is 0 Å². The molecule has 0 aliphatic heterocycles. The van der Waals surface area contributed by atoms with Crippen molar-refractivity contribution in [2.75, 3.05) is 0 Å². The van der Waals surface area contributed by atoms with E-state index in [9.17, 15) is 17.6 Å². The summed E-state index contributed by atoms with van der Waals surface area (Å²) in [5, 5.41) is -10.8. The van der Waals surface area contributed by atoms with Crippen molar-refractivity contribution >= 4 is 69.6 Å². The predicted octanol–water partition coefficient (Wildman–Crippen LogP) is 6.07. The Bertz CT molecular complexity index is 420. The third-order valence-electron chi connectivity index (χ3n) is 2.22. The van der Waals surface area contributed by atoms with Gasteiger partial charge in [0.15, 0.2) is 4.87 Å². The molecular weight excluding hydrogens is 385 g/mol. The van der Waals surface area contributed by atoms with Crippen LogP contribution in [0.15, 0.2) is 21.2 Å². The molecule has 2 unspecified atom stereocenters. The maximum atomic E-state index is 13.3. The van der Waals surface area contributed by atoms with Gasteiger partial charge in [0, 0.05) is 10.1 Å². The number of allylic oxidation sites excluding steroid dienone is 4. The summed E-state index contributed by atoms with van der Waals surface area (Å²) in [6.07, 6.45) is 0.716. The van der Waals surface area contributed by atoms with E-state index in [1.54, 1.807) is 0 Å². The Labute approximate surface area is 129 Å². The molecule has 0 spiro atoms. The number of hydrogen-bond donors (Lipinski definition) is 0. The van der Waals surface area contributed by atoms with Gasteiger partial charge >= 0.3 is 10.8 Å². The van der Waals surface area contributed by atoms with Crippen molar-refractivity contribution in [3.63, 3.8) is 0 Å². The molecule has 0 fully saturated rings. The molecule has 0 aromatic carbocycles. The summed E-state index contributed by atoms with van der Waals surface area (Å²) in [5.41, 5.74) is 0. The van der Waals surface area contributed by atoms with Crippen molar-refractivity contribution in [2.45, 2.75) is 15.6 Å². The Morgan fingerprint density at radius 3 is 1.83 bits per heavy atom. The van der Waals surface area contributed by atoms with Crippen LogP contribution in [0.5, 0.6) is 0 Å². The number of rotatable bonds is 2. The van der Waals surface area contributed by atoms with Crippen LogP contribution in [-0.4, -0.2) is 15.6 Å². The van der Waals surface area contributed by atoms with Crippen LogP contribution in [0.4, 0.5) is 17.6 Å². The summed E-state index contributed by atoms with van der Waals surface area (Å²) >= 11 is 31.4. The minimum atomic E-state index is -4.33. The molecule has 2 atom stereocenters. The molecule has 10 heteroatoms. The Morgan fingerprint density at radius 1 is 1.06 bits per heavy atom. The van der Waals surface area contributed by atoms with E-state index < -0.39 is 36.7 Å². The molecule has 0 aromatic rings. The van der Waals surface area contributed by atoms with Crippen LogP contribution >= 0.6 is 69.6 Å². The minimum absolute atomic E-state index is 0.468. The third-order valence-corrected chi connectivity index (χ3v) is 4.83. The Kier molecular flexibility index (Phi) is 4.76. The van der Waals surface area contributed by atoms with E-state index in [-0.39, 0.29) is 0 Å². The van der Waals surface area contributed by atoms with Gasteiger partial charge in [0.2, 0.25) is 0 Å². The summed E-state index contributed by atoms with van der Waals surface area (Å²) in [4.78, 5) is -3.20. The van der Waals surface area contributed by atoms with Gasteiger partial charge in [-0.15, -0.1) is 11.6 Å². The first kappa shape index (κ1) is 17.0. The van der Waals surface area contributed by atoms with E-state index in [1.165, 1.54) is 0 Å². The van der Waals surface area contributed by atoms with Gasteiger partial charge in [-0.05, 0) is 29.3 Å². The lowest BCUT2D eigenvalue weighted by atomic mass is 9.86. The molecule has 0 saturated carbocycles. The van der Waals surface area contributed by atoms with Crippen LogP contribution in [0.1, 0.15) is 0 Å². The van der Waals surface area contributed by atoms with Crippen molar-refractivity contribution in [3.8, 4) is 0 Å². The SMILES string of the molecule is FC(F)(Cl)C1C(Cl)=C(Cl)C=C(Cl)C1(Cl)C(F)(F)Cl. The highest BCUT2D eigenvalue weighted by molar-refractivity contribution is 6.48. The molecule has 1 aliphatic rings. The molecule has 18 heavy (non-hydrogen) atoms. The van der Waals surface area contributed by atoms with Crippen molar-refractivity contribution < 1.29 is 17.6 Å². The lowest BCUT2D eigenvalue weighted by molar-refractivity contribution is -0.0270. The normalized spacial score (nSPS) is 30.6. The standard InChI is InChI=1S/C8H2Cl6F4/c9-2-1-3(10)6(12,8(14,17)18)5(4(2)11)7(13,15)16/h1,5H. The van der Waals surface area contributed by atoms with Gasteiger partial charge < -0.3 is 0 Å². The zero-order chi connectivity index (χ0) is 14.5. The van der Waals surface area contributed by atoms with Crippen LogP contribution in [0, 0.1) is 5.92 Å². The van der Waals surface area contributed by atoms with Gasteiger partial charge in [-0.1, -0.05) is 34.8 Å². The van der Waals surface area contributed by atoms with Crippen molar-refractivity contribution in [1.82, 2.24) is 0 Å². The van der Waals surface area contributed by atoms with Crippen LogP contribution in [0.2, 0.25) is 0 Å². The number of halogens is 10. The lowest BCUT2D eigenvalue weighted by Gasteiger charge is -2.41. The maximum absolute atomic E-state index is 13.3. The fourth-order valence-electron chi connectivity index (χ4n) is 1.40. The Hall–Kier alpha value is 0.940.